The van der Waals surface area contributed by atoms with Crippen LogP contribution in [0.15, 0.2) is 53.4 Å². The Kier molecular flexibility index (Phi) is 7.89. The van der Waals surface area contributed by atoms with E-state index < -0.39 is 28.5 Å². The van der Waals surface area contributed by atoms with E-state index in [1.54, 1.807) is 13.8 Å². The summed E-state index contributed by atoms with van der Waals surface area (Å²) in [6, 6.07) is 13.2. The number of nitrogens with zero attached hydrogens (tertiary/aromatic N) is 1. The smallest absolute Gasteiger partial charge is 0.338 e. The van der Waals surface area contributed by atoms with E-state index in [0.29, 0.717) is 6.54 Å². The van der Waals surface area contributed by atoms with Gasteiger partial charge in [0, 0.05) is 19.6 Å². The van der Waals surface area contributed by atoms with Gasteiger partial charge in [-0.1, -0.05) is 41.9 Å². The lowest BCUT2D eigenvalue weighted by Crippen LogP contribution is -2.48. The molecule has 2 aromatic rings. The Labute approximate surface area is 192 Å². The average molecular weight is 481 g/mol. The Hall–Kier alpha value is -2.46. The van der Waals surface area contributed by atoms with Crippen molar-refractivity contribution >= 4 is 33.5 Å². The van der Waals surface area contributed by atoms with Crippen molar-refractivity contribution in [3.63, 3.8) is 0 Å². The molecular formula is C22H25ClN2O6S. The number of benzene rings is 2. The van der Waals surface area contributed by atoms with Gasteiger partial charge in [-0.25, -0.2) is 13.2 Å². The van der Waals surface area contributed by atoms with Gasteiger partial charge in [0.25, 0.3) is 5.91 Å². The van der Waals surface area contributed by atoms with Crippen molar-refractivity contribution in [1.82, 2.24) is 9.62 Å². The maximum atomic E-state index is 13.1. The van der Waals surface area contributed by atoms with E-state index in [2.05, 4.69) is 5.32 Å². The van der Waals surface area contributed by atoms with Gasteiger partial charge in [-0.3, -0.25) is 4.79 Å². The van der Waals surface area contributed by atoms with E-state index in [0.717, 1.165) is 5.56 Å². The SMILES string of the molecule is CC1CN(S(=O)(=O)c2cc(C(=O)OCC(=O)NCc3ccccc3)ccc2Cl)CC(C)O1. The Bertz CT molecular complexity index is 1070. The first-order valence-corrected chi connectivity index (χ1v) is 11.9. The molecule has 2 atom stereocenters. The molecule has 0 aliphatic carbocycles. The largest absolute Gasteiger partial charge is 0.452 e. The van der Waals surface area contributed by atoms with Gasteiger partial charge in [-0.05, 0) is 37.6 Å². The fourth-order valence-corrected chi connectivity index (χ4v) is 5.45. The Morgan fingerprint density at radius 3 is 2.44 bits per heavy atom. The highest BCUT2D eigenvalue weighted by Gasteiger charge is 2.34. The summed E-state index contributed by atoms with van der Waals surface area (Å²) in [4.78, 5) is 24.2. The molecule has 0 aromatic heterocycles. The minimum atomic E-state index is -3.95. The maximum absolute atomic E-state index is 13.1. The predicted molar refractivity (Wildman–Crippen MR) is 119 cm³/mol. The zero-order valence-electron chi connectivity index (χ0n) is 17.8. The first kappa shape index (κ1) is 24.2. The number of carbonyl (C=O) groups is 2. The second-order valence-corrected chi connectivity index (χ2v) is 9.88. The van der Waals surface area contributed by atoms with Crippen LogP contribution in [0.5, 0.6) is 0 Å². The Balaban J connectivity index is 1.65. The molecule has 8 nitrogen and oxygen atoms in total. The summed E-state index contributed by atoms with van der Waals surface area (Å²) in [6.45, 7) is 3.75. The van der Waals surface area contributed by atoms with Gasteiger partial charge in [0.05, 0.1) is 22.8 Å². The molecule has 2 unspecified atom stereocenters. The van der Waals surface area contributed by atoms with Crippen molar-refractivity contribution in [3.8, 4) is 0 Å². The van der Waals surface area contributed by atoms with Crippen molar-refractivity contribution in [3.05, 3.63) is 64.7 Å². The summed E-state index contributed by atoms with van der Waals surface area (Å²) >= 11 is 6.15. The van der Waals surface area contributed by atoms with Crippen LogP contribution >= 0.6 is 11.6 Å². The van der Waals surface area contributed by atoms with Crippen LogP contribution in [-0.2, 0) is 30.8 Å². The second-order valence-electron chi connectivity index (χ2n) is 7.56. The normalized spacial score (nSPS) is 19.3. The molecule has 1 saturated heterocycles. The van der Waals surface area contributed by atoms with E-state index in [-0.39, 0.29) is 40.8 Å². The molecule has 1 heterocycles. The van der Waals surface area contributed by atoms with Crippen molar-refractivity contribution in [2.24, 2.45) is 0 Å². The van der Waals surface area contributed by atoms with Gasteiger partial charge in [-0.2, -0.15) is 4.31 Å². The van der Waals surface area contributed by atoms with E-state index in [4.69, 9.17) is 21.1 Å². The number of halogens is 1. The third-order valence-electron chi connectivity index (χ3n) is 4.84. The molecule has 0 saturated carbocycles. The van der Waals surface area contributed by atoms with Gasteiger partial charge < -0.3 is 14.8 Å². The number of nitrogens with one attached hydrogen (secondary N) is 1. The molecule has 32 heavy (non-hydrogen) atoms. The molecule has 1 aliphatic heterocycles. The van der Waals surface area contributed by atoms with Crippen LogP contribution in [0, 0.1) is 0 Å². The molecule has 172 valence electrons. The van der Waals surface area contributed by atoms with Crippen LogP contribution in [0.1, 0.15) is 29.8 Å². The summed E-state index contributed by atoms with van der Waals surface area (Å²) in [5, 5.41) is 2.64. The monoisotopic (exact) mass is 480 g/mol. The van der Waals surface area contributed by atoms with Crippen molar-refractivity contribution in [2.75, 3.05) is 19.7 Å². The second kappa shape index (κ2) is 10.4. The number of carbonyl (C=O) groups excluding carboxylic acids is 2. The highest BCUT2D eigenvalue weighted by Crippen LogP contribution is 2.28. The third-order valence-corrected chi connectivity index (χ3v) is 7.15. The van der Waals surface area contributed by atoms with Crippen molar-refractivity contribution in [2.45, 2.75) is 37.5 Å². The molecule has 0 bridgehead atoms. The zero-order chi connectivity index (χ0) is 23.3. The molecule has 10 heteroatoms. The number of hydrogen-bond acceptors (Lipinski definition) is 6. The van der Waals surface area contributed by atoms with Gasteiger partial charge in [0.2, 0.25) is 10.0 Å². The van der Waals surface area contributed by atoms with Gasteiger partial charge in [0.1, 0.15) is 4.90 Å². The van der Waals surface area contributed by atoms with E-state index in [9.17, 15) is 18.0 Å². The van der Waals surface area contributed by atoms with Crippen LogP contribution in [-0.4, -0.2) is 56.5 Å². The summed E-state index contributed by atoms with van der Waals surface area (Å²) in [7, 11) is -3.95. The lowest BCUT2D eigenvalue weighted by molar-refractivity contribution is -0.124. The van der Waals surface area contributed by atoms with Crippen LogP contribution in [0.2, 0.25) is 5.02 Å². The highest BCUT2D eigenvalue weighted by atomic mass is 35.5. The fourth-order valence-electron chi connectivity index (χ4n) is 3.36. The minimum absolute atomic E-state index is 0.00560. The highest BCUT2D eigenvalue weighted by molar-refractivity contribution is 7.89. The number of esters is 1. The van der Waals surface area contributed by atoms with E-state index in [1.807, 2.05) is 30.3 Å². The number of sulfonamides is 1. The lowest BCUT2D eigenvalue weighted by Gasteiger charge is -2.34. The molecule has 3 rings (SSSR count). The number of morpholine rings is 1. The predicted octanol–water partition coefficient (Wildman–Crippen LogP) is 2.61. The zero-order valence-corrected chi connectivity index (χ0v) is 19.4. The molecule has 1 amide bonds. The van der Waals surface area contributed by atoms with E-state index >= 15 is 0 Å². The van der Waals surface area contributed by atoms with Crippen LogP contribution in [0.3, 0.4) is 0 Å². The standard InChI is InChI=1S/C22H25ClN2O6S/c1-15-12-25(13-16(2)31-15)32(28,29)20-10-18(8-9-19(20)23)22(27)30-14-21(26)24-11-17-6-4-3-5-7-17/h3-10,15-16H,11-14H2,1-2H3,(H,24,26). The maximum Gasteiger partial charge on any atom is 0.338 e. The summed E-state index contributed by atoms with van der Waals surface area (Å²) in [5.41, 5.74) is 0.893. The summed E-state index contributed by atoms with van der Waals surface area (Å²) in [5.74, 6) is -1.29. The Morgan fingerprint density at radius 1 is 1.12 bits per heavy atom. The van der Waals surface area contributed by atoms with Gasteiger partial charge in [-0.15, -0.1) is 0 Å². The lowest BCUT2D eigenvalue weighted by atomic mass is 10.2. The third kappa shape index (κ3) is 6.07. The first-order chi connectivity index (χ1) is 15.2. The van der Waals surface area contributed by atoms with Gasteiger partial charge in [0.15, 0.2) is 6.61 Å². The number of rotatable bonds is 7. The average Bonchev–Trinajstić information content (AvgIpc) is 2.76. The summed E-state index contributed by atoms with van der Waals surface area (Å²) in [6.07, 6.45) is -0.537. The fraction of sp³-hybridized carbons (Fsp3) is 0.364. The molecule has 0 spiro atoms. The number of amides is 1. The Morgan fingerprint density at radius 2 is 1.78 bits per heavy atom. The topological polar surface area (TPSA) is 102 Å². The number of hydrogen-bond donors (Lipinski definition) is 1. The quantitative estimate of drug-likeness (QED) is 0.611. The minimum Gasteiger partial charge on any atom is -0.452 e. The van der Waals surface area contributed by atoms with Crippen molar-refractivity contribution < 1.29 is 27.5 Å². The molecule has 2 aromatic carbocycles. The number of ether oxygens (including phenoxy) is 2. The molecule has 0 radical (unpaired) electrons. The molecular weight excluding hydrogens is 456 g/mol. The van der Waals surface area contributed by atoms with Crippen molar-refractivity contribution in [1.29, 1.82) is 0 Å². The first-order valence-electron chi connectivity index (χ1n) is 10.1. The van der Waals surface area contributed by atoms with Crippen LogP contribution in [0.25, 0.3) is 0 Å². The van der Waals surface area contributed by atoms with Crippen LogP contribution in [0.4, 0.5) is 0 Å². The van der Waals surface area contributed by atoms with Gasteiger partial charge >= 0.3 is 5.97 Å². The molecule has 1 aliphatic rings. The summed E-state index contributed by atoms with van der Waals surface area (Å²) < 4.78 is 38.2. The molecule has 1 N–H and O–H groups in total. The van der Waals surface area contributed by atoms with E-state index in [1.165, 1.54) is 22.5 Å². The molecule has 1 fully saturated rings. The van der Waals surface area contributed by atoms with Crippen LogP contribution < -0.4 is 5.32 Å².